The van der Waals surface area contributed by atoms with Crippen molar-refractivity contribution in [1.29, 1.82) is 0 Å². The summed E-state index contributed by atoms with van der Waals surface area (Å²) >= 11 is 0. The number of anilines is 2. The molecule has 0 amide bonds. The predicted octanol–water partition coefficient (Wildman–Crippen LogP) is 7.53. The molecule has 0 aliphatic heterocycles. The van der Waals surface area contributed by atoms with Gasteiger partial charge in [-0.2, -0.15) is 0 Å². The summed E-state index contributed by atoms with van der Waals surface area (Å²) in [6, 6.07) is 26.5. The maximum Gasteiger partial charge on any atom is 0.335 e. The van der Waals surface area contributed by atoms with E-state index in [1.165, 1.54) is 19.3 Å². The van der Waals surface area contributed by atoms with Crippen molar-refractivity contribution in [2.45, 2.75) is 51.2 Å². The van der Waals surface area contributed by atoms with Gasteiger partial charge in [-0.05, 0) is 72.5 Å². The second kappa shape index (κ2) is 11.6. The van der Waals surface area contributed by atoms with E-state index in [9.17, 15) is 9.90 Å². The number of carboxylic acid groups (broad SMARTS) is 1. The van der Waals surface area contributed by atoms with E-state index in [4.69, 9.17) is 4.98 Å². The number of hydrogen-bond acceptors (Lipinski definition) is 5. The highest BCUT2D eigenvalue weighted by atomic mass is 16.4. The van der Waals surface area contributed by atoms with Gasteiger partial charge in [0.15, 0.2) is 0 Å². The number of nitrogens with zero attached hydrogens (tertiary/aromatic N) is 3. The van der Waals surface area contributed by atoms with Crippen molar-refractivity contribution < 1.29 is 9.90 Å². The fraction of sp³-hybridized carbons (Fsp3) is 0.242. The zero-order valence-electron chi connectivity index (χ0n) is 22.4. The maximum atomic E-state index is 11.6. The molecular formula is C33H33N5O2. The van der Waals surface area contributed by atoms with Gasteiger partial charge < -0.3 is 20.3 Å². The number of aromatic nitrogens is 3. The normalized spacial score (nSPS) is 13.8. The van der Waals surface area contributed by atoms with Crippen molar-refractivity contribution >= 4 is 28.4 Å². The molecule has 0 saturated heterocycles. The molecule has 0 unspecified atom stereocenters. The van der Waals surface area contributed by atoms with Crippen molar-refractivity contribution in [2.75, 3.05) is 10.6 Å². The molecule has 1 aliphatic carbocycles. The monoisotopic (exact) mass is 531 g/mol. The Morgan fingerprint density at radius 3 is 2.35 bits per heavy atom. The van der Waals surface area contributed by atoms with Crippen LogP contribution in [0.5, 0.6) is 0 Å². The van der Waals surface area contributed by atoms with Gasteiger partial charge in [-0.25, -0.2) is 9.78 Å². The van der Waals surface area contributed by atoms with Crippen LogP contribution in [0, 0.1) is 0 Å². The first-order valence-electron chi connectivity index (χ1n) is 14.0. The first-order valence-corrected chi connectivity index (χ1v) is 14.0. The smallest absolute Gasteiger partial charge is 0.335 e. The lowest BCUT2D eigenvalue weighted by Gasteiger charge is -2.25. The lowest BCUT2D eigenvalue weighted by Crippen LogP contribution is -2.14. The molecular weight excluding hydrogens is 498 g/mol. The second-order valence-electron chi connectivity index (χ2n) is 10.5. The highest BCUT2D eigenvalue weighted by molar-refractivity contribution is 5.93. The summed E-state index contributed by atoms with van der Waals surface area (Å²) in [4.78, 5) is 20.8. The number of aromatic carboxylic acids is 1. The Labute approximate surface area is 233 Å². The molecule has 2 aromatic heterocycles. The Balaban J connectivity index is 1.23. The zero-order valence-corrected chi connectivity index (χ0v) is 22.4. The van der Waals surface area contributed by atoms with Gasteiger partial charge >= 0.3 is 5.97 Å². The average molecular weight is 532 g/mol. The molecule has 0 radical (unpaired) electrons. The fourth-order valence-electron chi connectivity index (χ4n) is 5.61. The van der Waals surface area contributed by atoms with Gasteiger partial charge in [0.1, 0.15) is 5.82 Å². The summed E-state index contributed by atoms with van der Waals surface area (Å²) < 4.78 is 2.35. The van der Waals surface area contributed by atoms with E-state index < -0.39 is 5.97 Å². The van der Waals surface area contributed by atoms with Crippen molar-refractivity contribution in [1.82, 2.24) is 14.5 Å². The third kappa shape index (κ3) is 5.69. The Bertz CT molecular complexity index is 1620. The molecule has 1 saturated carbocycles. The number of imidazole rings is 1. The largest absolute Gasteiger partial charge is 0.478 e. The van der Waals surface area contributed by atoms with Crippen LogP contribution in [0.1, 0.15) is 59.6 Å². The maximum absolute atomic E-state index is 11.6. The van der Waals surface area contributed by atoms with Crippen LogP contribution < -0.4 is 10.6 Å². The van der Waals surface area contributed by atoms with E-state index in [0.717, 1.165) is 64.3 Å². The number of carboxylic acids is 1. The van der Waals surface area contributed by atoms with Gasteiger partial charge in [0.25, 0.3) is 0 Å². The molecule has 6 rings (SSSR count). The highest BCUT2D eigenvalue weighted by Crippen LogP contribution is 2.36. The minimum atomic E-state index is -0.930. The van der Waals surface area contributed by atoms with Crippen LogP contribution >= 0.6 is 0 Å². The van der Waals surface area contributed by atoms with Crippen LogP contribution in [0.4, 0.5) is 11.4 Å². The molecule has 1 aliphatic rings. The number of pyridine rings is 1. The lowest BCUT2D eigenvalue weighted by molar-refractivity contribution is 0.0697. The fourth-order valence-corrected chi connectivity index (χ4v) is 5.61. The predicted molar refractivity (Wildman–Crippen MR) is 160 cm³/mol. The third-order valence-corrected chi connectivity index (χ3v) is 7.64. The standard InChI is InChI=1S/C33H33N5O2/c39-33(40)26-14-15-31-30(18-26)37-32(38(31)29-12-2-1-3-13-29)25-9-4-7-23(17-25)21-35-27-10-5-11-28(19-27)36-22-24-8-6-16-34-20-24/h4-11,14-20,29,35-36H,1-3,12-13,21-22H2,(H,39,40). The van der Waals surface area contributed by atoms with E-state index in [0.29, 0.717) is 12.6 Å². The van der Waals surface area contributed by atoms with Crippen LogP contribution in [0.15, 0.2) is 91.3 Å². The van der Waals surface area contributed by atoms with Gasteiger partial charge in [0, 0.05) is 48.5 Å². The first-order chi connectivity index (χ1) is 19.6. The molecule has 3 N–H and O–H groups in total. The number of nitrogens with one attached hydrogen (secondary N) is 2. The SMILES string of the molecule is O=C(O)c1ccc2c(c1)nc(-c1cccc(CNc3cccc(NCc4cccnc4)c3)c1)n2C1CCCCC1. The average Bonchev–Trinajstić information content (AvgIpc) is 3.39. The molecule has 7 nitrogen and oxygen atoms in total. The third-order valence-electron chi connectivity index (χ3n) is 7.64. The van der Waals surface area contributed by atoms with Crippen molar-refractivity contribution in [3.63, 3.8) is 0 Å². The van der Waals surface area contributed by atoms with Gasteiger partial charge in [0.05, 0.1) is 16.6 Å². The summed E-state index contributed by atoms with van der Waals surface area (Å²) in [7, 11) is 0. The van der Waals surface area contributed by atoms with E-state index in [2.05, 4.69) is 68.7 Å². The van der Waals surface area contributed by atoms with Crippen LogP contribution in [0.2, 0.25) is 0 Å². The molecule has 0 bridgehead atoms. The zero-order chi connectivity index (χ0) is 27.3. The van der Waals surface area contributed by atoms with Gasteiger partial charge in [-0.3, -0.25) is 4.98 Å². The molecule has 0 spiro atoms. The molecule has 5 aromatic rings. The summed E-state index contributed by atoms with van der Waals surface area (Å²) in [6.45, 7) is 1.39. The summed E-state index contributed by atoms with van der Waals surface area (Å²) in [5.74, 6) is -0.0204. The Kier molecular flexibility index (Phi) is 7.44. The molecule has 3 aromatic carbocycles. The van der Waals surface area contributed by atoms with E-state index >= 15 is 0 Å². The first kappa shape index (κ1) is 25.6. The Hall–Kier alpha value is -4.65. The molecule has 0 atom stereocenters. The second-order valence-corrected chi connectivity index (χ2v) is 10.5. The molecule has 2 heterocycles. The topological polar surface area (TPSA) is 92.1 Å². The quantitative estimate of drug-likeness (QED) is 0.182. The molecule has 7 heteroatoms. The minimum Gasteiger partial charge on any atom is -0.478 e. The lowest BCUT2D eigenvalue weighted by atomic mass is 9.94. The molecule has 40 heavy (non-hydrogen) atoms. The summed E-state index contributed by atoms with van der Waals surface area (Å²) in [6.07, 6.45) is 9.56. The Morgan fingerprint density at radius 2 is 1.60 bits per heavy atom. The van der Waals surface area contributed by atoms with Crippen molar-refractivity contribution in [3.8, 4) is 11.4 Å². The van der Waals surface area contributed by atoms with E-state index in [-0.39, 0.29) is 5.56 Å². The number of carbonyl (C=O) groups is 1. The van der Waals surface area contributed by atoms with Gasteiger partial charge in [-0.1, -0.05) is 49.6 Å². The van der Waals surface area contributed by atoms with Crippen LogP contribution in [-0.4, -0.2) is 25.6 Å². The van der Waals surface area contributed by atoms with Crippen molar-refractivity contribution in [3.05, 3.63) is 108 Å². The van der Waals surface area contributed by atoms with Crippen molar-refractivity contribution in [2.24, 2.45) is 0 Å². The van der Waals surface area contributed by atoms with Crippen LogP contribution in [-0.2, 0) is 13.1 Å². The molecule has 1 fully saturated rings. The highest BCUT2D eigenvalue weighted by Gasteiger charge is 2.23. The van der Waals surface area contributed by atoms with E-state index in [1.54, 1.807) is 18.3 Å². The van der Waals surface area contributed by atoms with Gasteiger partial charge in [-0.15, -0.1) is 0 Å². The number of benzene rings is 3. The number of hydrogen-bond donors (Lipinski definition) is 3. The Morgan fingerprint density at radius 1 is 0.850 bits per heavy atom. The summed E-state index contributed by atoms with van der Waals surface area (Å²) in [5.41, 5.74) is 7.43. The summed E-state index contributed by atoms with van der Waals surface area (Å²) in [5, 5.41) is 16.5. The molecule has 202 valence electrons. The number of rotatable bonds is 9. The van der Waals surface area contributed by atoms with E-state index in [1.807, 2.05) is 24.4 Å². The van der Waals surface area contributed by atoms with Gasteiger partial charge in [0.2, 0.25) is 0 Å². The minimum absolute atomic E-state index is 0.266. The number of fused-ring (bicyclic) bond motifs is 1. The van der Waals surface area contributed by atoms with Crippen LogP contribution in [0.3, 0.4) is 0 Å². The van der Waals surface area contributed by atoms with Crippen LogP contribution in [0.25, 0.3) is 22.4 Å².